The van der Waals surface area contributed by atoms with Gasteiger partial charge in [0.2, 0.25) is 5.91 Å². The lowest BCUT2D eigenvalue weighted by Crippen LogP contribution is -2.28. The Bertz CT molecular complexity index is 479. The van der Waals surface area contributed by atoms with E-state index in [1.54, 1.807) is 6.07 Å². The van der Waals surface area contributed by atoms with E-state index in [2.05, 4.69) is 5.32 Å². The summed E-state index contributed by atoms with van der Waals surface area (Å²) < 4.78 is 25.1. The molecule has 2 rings (SSSR count). The van der Waals surface area contributed by atoms with Gasteiger partial charge in [-0.3, -0.25) is 4.79 Å². The molecule has 98 valence electrons. The van der Waals surface area contributed by atoms with Crippen LogP contribution in [-0.4, -0.2) is 23.5 Å². The first kappa shape index (κ1) is 13.1. The summed E-state index contributed by atoms with van der Waals surface area (Å²) in [5, 5.41) is 11.8. The van der Waals surface area contributed by atoms with Crippen LogP contribution in [-0.2, 0) is 11.2 Å². The summed E-state index contributed by atoms with van der Waals surface area (Å²) in [5.74, 6) is -3.74. The number of rotatable bonds is 4. The average molecular weight is 276 g/mol. The second-order valence-corrected chi connectivity index (χ2v) is 4.84. The van der Waals surface area contributed by atoms with Crippen molar-refractivity contribution in [1.82, 2.24) is 5.32 Å². The molecule has 1 fully saturated rings. The number of alkyl halides is 2. The fraction of sp³-hybridized carbons (Fsp3) is 0.417. The van der Waals surface area contributed by atoms with Crippen molar-refractivity contribution in [2.75, 3.05) is 6.54 Å². The zero-order valence-corrected chi connectivity index (χ0v) is 10.2. The molecule has 3 nitrogen and oxygen atoms in total. The Morgan fingerprint density at radius 3 is 2.78 bits per heavy atom. The highest BCUT2D eigenvalue weighted by molar-refractivity contribution is 6.32. The normalized spacial score (nSPS) is 20.5. The van der Waals surface area contributed by atoms with Gasteiger partial charge in [0.1, 0.15) is 5.75 Å². The Labute approximate surface area is 108 Å². The van der Waals surface area contributed by atoms with Crippen molar-refractivity contribution < 1.29 is 18.7 Å². The van der Waals surface area contributed by atoms with Crippen molar-refractivity contribution in [3.8, 4) is 5.75 Å². The molecule has 1 unspecified atom stereocenters. The molecule has 0 aliphatic heterocycles. The lowest BCUT2D eigenvalue weighted by Gasteiger charge is -2.05. The van der Waals surface area contributed by atoms with Crippen LogP contribution in [0.5, 0.6) is 5.75 Å². The molecule has 0 radical (unpaired) electrons. The number of halogens is 3. The van der Waals surface area contributed by atoms with E-state index in [0.717, 1.165) is 0 Å². The van der Waals surface area contributed by atoms with Crippen LogP contribution in [0.15, 0.2) is 18.2 Å². The van der Waals surface area contributed by atoms with Gasteiger partial charge >= 0.3 is 0 Å². The summed E-state index contributed by atoms with van der Waals surface area (Å²) in [6.45, 7) is -0.00233. The maximum atomic E-state index is 12.6. The smallest absolute Gasteiger partial charge is 0.253 e. The van der Waals surface area contributed by atoms with Crippen LogP contribution in [0.4, 0.5) is 8.78 Å². The third kappa shape index (κ3) is 3.10. The maximum Gasteiger partial charge on any atom is 0.253 e. The largest absolute Gasteiger partial charge is 0.506 e. The molecule has 1 atom stereocenters. The summed E-state index contributed by atoms with van der Waals surface area (Å²) in [5.41, 5.74) is 0.623. The second-order valence-electron chi connectivity index (χ2n) is 4.43. The van der Waals surface area contributed by atoms with Crippen molar-refractivity contribution in [1.29, 1.82) is 0 Å². The number of carbonyl (C=O) groups is 1. The van der Waals surface area contributed by atoms with Gasteiger partial charge < -0.3 is 10.4 Å². The first-order valence-corrected chi connectivity index (χ1v) is 5.88. The highest BCUT2D eigenvalue weighted by atomic mass is 35.5. The molecule has 0 bridgehead atoms. The number of hydrogen-bond acceptors (Lipinski definition) is 2. The highest BCUT2D eigenvalue weighted by Gasteiger charge is 2.56. The number of phenolic OH excluding ortho intramolecular Hbond substituents is 1. The fourth-order valence-electron chi connectivity index (χ4n) is 1.64. The molecule has 1 amide bonds. The topological polar surface area (TPSA) is 49.3 Å². The van der Waals surface area contributed by atoms with E-state index < -0.39 is 11.8 Å². The molecular formula is C12H12ClF2NO2. The van der Waals surface area contributed by atoms with E-state index in [1.807, 2.05) is 0 Å². The molecular weight excluding hydrogens is 264 g/mol. The monoisotopic (exact) mass is 275 g/mol. The molecule has 0 spiro atoms. The van der Waals surface area contributed by atoms with Crippen molar-refractivity contribution in [3.63, 3.8) is 0 Å². The van der Waals surface area contributed by atoms with Crippen LogP contribution in [0.1, 0.15) is 12.0 Å². The van der Waals surface area contributed by atoms with Crippen molar-refractivity contribution >= 4 is 17.5 Å². The predicted molar refractivity (Wildman–Crippen MR) is 62.9 cm³/mol. The van der Waals surface area contributed by atoms with Crippen molar-refractivity contribution in [2.45, 2.75) is 18.8 Å². The van der Waals surface area contributed by atoms with E-state index in [4.69, 9.17) is 11.6 Å². The Morgan fingerprint density at radius 1 is 1.56 bits per heavy atom. The quantitative estimate of drug-likeness (QED) is 0.886. The van der Waals surface area contributed by atoms with Crippen molar-refractivity contribution in [2.24, 2.45) is 5.92 Å². The van der Waals surface area contributed by atoms with Crippen LogP contribution < -0.4 is 5.32 Å². The average Bonchev–Trinajstić information content (AvgIpc) is 2.89. The molecule has 1 aromatic carbocycles. The number of nitrogens with one attached hydrogen (secondary N) is 1. The van der Waals surface area contributed by atoms with Crippen LogP contribution in [0, 0.1) is 5.92 Å². The number of amides is 1. The Kier molecular flexibility index (Phi) is 3.43. The van der Waals surface area contributed by atoms with E-state index >= 15 is 0 Å². The Balaban J connectivity index is 1.82. The molecule has 18 heavy (non-hydrogen) atoms. The third-order valence-electron chi connectivity index (χ3n) is 2.88. The van der Waals surface area contributed by atoms with Gasteiger partial charge in [-0.1, -0.05) is 17.7 Å². The minimum Gasteiger partial charge on any atom is -0.506 e. The van der Waals surface area contributed by atoms with E-state index in [-0.39, 0.29) is 36.1 Å². The maximum absolute atomic E-state index is 12.6. The summed E-state index contributed by atoms with van der Waals surface area (Å²) in [7, 11) is 0. The highest BCUT2D eigenvalue weighted by Crippen LogP contribution is 2.47. The van der Waals surface area contributed by atoms with Crippen LogP contribution in [0.2, 0.25) is 5.02 Å². The zero-order valence-electron chi connectivity index (χ0n) is 9.42. The van der Waals surface area contributed by atoms with E-state index in [9.17, 15) is 18.7 Å². The summed E-state index contributed by atoms with van der Waals surface area (Å²) in [6, 6.07) is 4.43. The minimum absolute atomic E-state index is 0.00233. The van der Waals surface area contributed by atoms with Gasteiger partial charge in [0, 0.05) is 18.9 Å². The lowest BCUT2D eigenvalue weighted by atomic mass is 10.1. The predicted octanol–water partition coefficient (Wildman–Crippen LogP) is 2.36. The third-order valence-corrected chi connectivity index (χ3v) is 3.18. The molecule has 1 aromatic rings. The first-order valence-electron chi connectivity index (χ1n) is 5.50. The van der Waals surface area contributed by atoms with Gasteiger partial charge in [-0.2, -0.15) is 0 Å². The molecule has 0 heterocycles. The molecule has 0 aromatic heterocycles. The molecule has 1 aliphatic carbocycles. The van der Waals surface area contributed by atoms with Gasteiger partial charge in [0.15, 0.2) is 0 Å². The fourth-order valence-corrected chi connectivity index (χ4v) is 1.84. The van der Waals surface area contributed by atoms with Crippen LogP contribution in [0.3, 0.4) is 0 Å². The second kappa shape index (κ2) is 4.72. The van der Waals surface area contributed by atoms with Gasteiger partial charge in [-0.25, -0.2) is 8.78 Å². The van der Waals surface area contributed by atoms with Gasteiger partial charge in [-0.15, -0.1) is 0 Å². The standard InChI is InChI=1S/C12H12ClF2NO2/c13-9-3-7(1-2-10(9)17)4-11(18)16-6-8-5-12(8,14)15/h1-3,8,17H,4-6H2,(H,16,18). The molecule has 2 N–H and O–H groups in total. The van der Waals surface area contributed by atoms with E-state index in [0.29, 0.717) is 5.56 Å². The van der Waals surface area contributed by atoms with Crippen molar-refractivity contribution in [3.05, 3.63) is 28.8 Å². The lowest BCUT2D eigenvalue weighted by molar-refractivity contribution is -0.120. The molecule has 1 aliphatic rings. The van der Waals surface area contributed by atoms with Gasteiger partial charge in [0.05, 0.1) is 11.4 Å². The summed E-state index contributed by atoms with van der Waals surface area (Å²) in [4.78, 5) is 11.5. The first-order chi connectivity index (χ1) is 8.38. The number of benzene rings is 1. The number of hydrogen-bond donors (Lipinski definition) is 2. The Hall–Kier alpha value is -1.36. The molecule has 6 heteroatoms. The number of carbonyl (C=O) groups excluding carboxylic acids is 1. The number of phenols is 1. The van der Waals surface area contributed by atoms with Crippen LogP contribution >= 0.6 is 11.6 Å². The van der Waals surface area contributed by atoms with Crippen LogP contribution in [0.25, 0.3) is 0 Å². The van der Waals surface area contributed by atoms with Gasteiger partial charge in [0.25, 0.3) is 5.92 Å². The summed E-state index contributed by atoms with van der Waals surface area (Å²) >= 11 is 5.69. The van der Waals surface area contributed by atoms with E-state index in [1.165, 1.54) is 12.1 Å². The Morgan fingerprint density at radius 2 is 2.22 bits per heavy atom. The minimum atomic E-state index is -2.62. The van der Waals surface area contributed by atoms with Gasteiger partial charge in [-0.05, 0) is 17.7 Å². The SMILES string of the molecule is O=C(Cc1ccc(O)c(Cl)c1)NCC1CC1(F)F. The summed E-state index contributed by atoms with van der Waals surface area (Å²) in [6.07, 6.45) is -0.101. The molecule has 1 saturated carbocycles. The molecule has 0 saturated heterocycles. The zero-order chi connectivity index (χ0) is 13.3. The number of aromatic hydroxyl groups is 1.